The van der Waals surface area contributed by atoms with Gasteiger partial charge < -0.3 is 20.4 Å². The Labute approximate surface area is 331 Å². The number of aromatic nitrogens is 2. The zero-order valence-corrected chi connectivity index (χ0v) is 30.6. The summed E-state index contributed by atoms with van der Waals surface area (Å²) < 4.78 is 1.88. The molecule has 0 atom stereocenters. The second kappa shape index (κ2) is 18.8. The molecule has 0 amide bonds. The number of nitriles is 2. The predicted octanol–water partition coefficient (Wildman–Crippen LogP) is 6.76. The molecule has 3 aromatic carbocycles. The second-order valence-corrected chi connectivity index (χ2v) is 11.4. The van der Waals surface area contributed by atoms with Crippen molar-refractivity contribution in [3.05, 3.63) is 148 Å². The molecule has 0 fully saturated rings. The molecule has 0 spiro atoms. The van der Waals surface area contributed by atoms with Gasteiger partial charge in [0, 0.05) is 58.7 Å². The molecule has 21 heteroatoms. The molecule has 0 bridgehead atoms. The third-order valence-electron chi connectivity index (χ3n) is 7.89. The summed E-state index contributed by atoms with van der Waals surface area (Å²) in [5.41, 5.74) is -2.33. The fourth-order valence-corrected chi connectivity index (χ4v) is 4.94. The number of azo groups is 2. The molecular weight excluding hydrogens is 791 g/mol. The van der Waals surface area contributed by atoms with Crippen molar-refractivity contribution in [1.82, 2.24) is 9.13 Å². The van der Waals surface area contributed by atoms with Crippen molar-refractivity contribution >= 4 is 34.1 Å². The fourth-order valence-electron chi connectivity index (χ4n) is 4.94. The fraction of sp³-hybridized carbons (Fsp3) is 0.111. The van der Waals surface area contributed by atoms with Gasteiger partial charge in [-0.2, -0.15) is 10.5 Å². The normalized spacial score (nSPS) is 10.5. The molecule has 4 N–H and O–H groups in total. The maximum absolute atomic E-state index is 12.6. The van der Waals surface area contributed by atoms with E-state index >= 15 is 0 Å². The number of phenolic OH excluding ortho intramolecular Hbond substituents is 2. The van der Waals surface area contributed by atoms with Crippen molar-refractivity contribution in [3.8, 4) is 35.4 Å². The second-order valence-electron chi connectivity index (χ2n) is 11.4. The predicted molar refractivity (Wildman–Crippen MR) is 197 cm³/mol. The summed E-state index contributed by atoms with van der Waals surface area (Å²) in [6.07, 6.45) is 1.35. The van der Waals surface area contributed by atoms with Crippen LogP contribution >= 0.6 is 0 Å². The minimum atomic E-state index is -0.709. The third-order valence-corrected chi connectivity index (χ3v) is 7.89. The van der Waals surface area contributed by atoms with Gasteiger partial charge in [0.05, 0.1) is 16.4 Å². The van der Waals surface area contributed by atoms with E-state index in [0.717, 1.165) is 45.5 Å². The number of phenols is 2. The van der Waals surface area contributed by atoms with Crippen molar-refractivity contribution in [2.45, 2.75) is 26.9 Å². The van der Waals surface area contributed by atoms with Gasteiger partial charge in [0.15, 0.2) is 11.4 Å². The monoisotopic (exact) mass is 819 g/mol. The molecule has 0 aliphatic rings. The molecule has 0 aliphatic carbocycles. The van der Waals surface area contributed by atoms with Gasteiger partial charge in [-0.1, -0.05) is 36.4 Å². The van der Waals surface area contributed by atoms with E-state index in [1.807, 2.05) is 0 Å². The van der Waals surface area contributed by atoms with E-state index < -0.39 is 32.7 Å². The van der Waals surface area contributed by atoms with Crippen molar-refractivity contribution in [2.75, 3.05) is 0 Å². The van der Waals surface area contributed by atoms with E-state index in [0.29, 0.717) is 5.56 Å². The van der Waals surface area contributed by atoms with Crippen molar-refractivity contribution in [2.24, 2.45) is 20.5 Å². The molecule has 20 nitrogen and oxygen atoms in total. The summed E-state index contributed by atoms with van der Waals surface area (Å²) in [6.45, 7) is 6.23. The largest absolute Gasteiger partial charge is 0.506 e. The molecule has 5 rings (SSSR count). The molecule has 2 aromatic heterocycles. The summed E-state index contributed by atoms with van der Waals surface area (Å²) in [5.74, 6) is -1.79. The van der Waals surface area contributed by atoms with E-state index in [4.69, 9.17) is 0 Å². The number of benzene rings is 3. The van der Waals surface area contributed by atoms with Crippen molar-refractivity contribution in [1.29, 1.82) is 10.5 Å². The SMILES string of the molecule is C=CCn1c(O)c(N=Nc2cc([N+](=O)[O-])ccc2O)c(C)c(C#N)c1=O.Cc1c(N=Nc2cc([N+](=O)[O-])ccc2O)c(O)n(Cc2ccccc2)c(=O)c1C#N.[Co]. The minimum Gasteiger partial charge on any atom is -0.506 e. The summed E-state index contributed by atoms with van der Waals surface area (Å²) in [5, 5.41) is 96.0. The molecular formula is C36H28CoN10O10. The third kappa shape index (κ3) is 9.57. The first-order valence-corrected chi connectivity index (χ1v) is 15.8. The standard InChI is InChI=1S/C20H15N5O5.C16H13N5O5.Co/c1-12-15(10-21)19(27)24(11-13-5-3-2-4-6-13)20(28)18(12)23-22-16-9-14(25(29)30)7-8-17(16)26;1-3-6-20-15(23)11(8-17)9(2)14(16(20)24)19-18-12-7-10(21(25)26)4-5-13(12)22;/h2-9,26,28H,11H2,1H3;3-5,7,22,24H,1,6H2,2H3;. The first-order valence-electron chi connectivity index (χ1n) is 15.8. The van der Waals surface area contributed by atoms with Gasteiger partial charge in [0.2, 0.25) is 11.8 Å². The Morgan fingerprint density at radius 3 is 1.54 bits per heavy atom. The van der Waals surface area contributed by atoms with Crippen LogP contribution in [0.2, 0.25) is 0 Å². The molecule has 0 unspecified atom stereocenters. The maximum Gasteiger partial charge on any atom is 0.271 e. The van der Waals surface area contributed by atoms with Crippen LogP contribution in [-0.4, -0.2) is 39.4 Å². The number of non-ortho nitro benzene ring substituents is 2. The van der Waals surface area contributed by atoms with Gasteiger partial charge in [-0.15, -0.1) is 27.0 Å². The van der Waals surface area contributed by atoms with Crippen molar-refractivity contribution in [3.63, 3.8) is 0 Å². The van der Waals surface area contributed by atoms with Crippen LogP contribution in [0.25, 0.3) is 0 Å². The summed E-state index contributed by atoms with van der Waals surface area (Å²) in [7, 11) is 0. The molecule has 0 saturated carbocycles. The molecule has 0 aliphatic heterocycles. The molecule has 291 valence electrons. The number of pyridine rings is 2. The van der Waals surface area contributed by atoms with Crippen LogP contribution in [0.1, 0.15) is 27.8 Å². The molecule has 1 radical (unpaired) electrons. The number of aromatic hydroxyl groups is 4. The van der Waals surface area contributed by atoms with Gasteiger partial charge in [-0.05, 0) is 31.5 Å². The quantitative estimate of drug-likeness (QED) is 0.0492. The van der Waals surface area contributed by atoms with Crippen LogP contribution in [0.4, 0.5) is 34.1 Å². The first-order chi connectivity index (χ1) is 26.6. The number of allylic oxidation sites excluding steroid dienone is 1. The number of hydrogen-bond acceptors (Lipinski definition) is 16. The van der Waals surface area contributed by atoms with Gasteiger partial charge in [0.1, 0.15) is 46.1 Å². The Morgan fingerprint density at radius 2 is 1.14 bits per heavy atom. The maximum atomic E-state index is 12.6. The van der Waals surface area contributed by atoms with E-state index in [9.17, 15) is 60.8 Å². The molecule has 57 heavy (non-hydrogen) atoms. The number of hydrogen-bond donors (Lipinski definition) is 4. The number of nitro groups is 2. The smallest absolute Gasteiger partial charge is 0.271 e. The van der Waals surface area contributed by atoms with Gasteiger partial charge in [0.25, 0.3) is 22.5 Å². The van der Waals surface area contributed by atoms with Crippen LogP contribution in [0.5, 0.6) is 23.3 Å². The van der Waals surface area contributed by atoms with E-state index in [1.54, 1.807) is 42.5 Å². The Hall–Kier alpha value is -8.01. The Morgan fingerprint density at radius 1 is 0.719 bits per heavy atom. The average Bonchev–Trinajstić information content (AvgIpc) is 3.17. The number of nitro benzene ring substituents is 2. The van der Waals surface area contributed by atoms with Crippen LogP contribution in [0, 0.1) is 56.7 Å². The topological polar surface area (TPSA) is 308 Å². The first kappa shape index (κ1) is 43.4. The van der Waals surface area contributed by atoms with E-state index in [1.165, 1.54) is 19.9 Å². The van der Waals surface area contributed by atoms with Crippen LogP contribution in [0.3, 0.4) is 0 Å². The zero-order valence-electron chi connectivity index (χ0n) is 29.6. The molecule has 2 heterocycles. The van der Waals surface area contributed by atoms with E-state index in [-0.39, 0.29) is 97.7 Å². The van der Waals surface area contributed by atoms with E-state index in [2.05, 4.69) is 27.0 Å². The van der Waals surface area contributed by atoms with Gasteiger partial charge >= 0.3 is 0 Å². The summed E-state index contributed by atoms with van der Waals surface area (Å²) in [4.78, 5) is 45.2. The zero-order chi connectivity index (χ0) is 41.3. The number of rotatable bonds is 10. The van der Waals surface area contributed by atoms with Gasteiger partial charge in [-0.3, -0.25) is 39.0 Å². The Kier molecular flexibility index (Phi) is 14.3. The van der Waals surface area contributed by atoms with Crippen LogP contribution < -0.4 is 11.1 Å². The Bertz CT molecular complexity index is 2660. The summed E-state index contributed by atoms with van der Waals surface area (Å²) in [6, 6.07) is 18.8. The minimum absolute atomic E-state index is 0. The number of nitrogens with zero attached hydrogens (tertiary/aromatic N) is 10. The Balaban J connectivity index is 0.000000303. The van der Waals surface area contributed by atoms with Crippen LogP contribution in [-0.2, 0) is 29.9 Å². The van der Waals surface area contributed by atoms with Crippen molar-refractivity contribution < 1.29 is 47.1 Å². The summed E-state index contributed by atoms with van der Waals surface area (Å²) >= 11 is 0. The average molecular weight is 820 g/mol. The van der Waals surface area contributed by atoms with Gasteiger partial charge in [-0.25, -0.2) is 0 Å². The molecule has 5 aromatic rings. The van der Waals surface area contributed by atoms with Crippen LogP contribution in [0.15, 0.2) is 109 Å². The molecule has 0 saturated heterocycles.